The van der Waals surface area contributed by atoms with Crippen LogP contribution in [0.2, 0.25) is 0 Å². The van der Waals surface area contributed by atoms with Gasteiger partial charge in [-0.1, -0.05) is 47.6 Å². The molecule has 3 heterocycles. The molecule has 0 spiro atoms. The van der Waals surface area contributed by atoms with Gasteiger partial charge in [0, 0.05) is 25.2 Å². The number of hydrogen-bond acceptors (Lipinski definition) is 7. The number of aromatic nitrogens is 4. The van der Waals surface area contributed by atoms with E-state index in [1.54, 1.807) is 30.3 Å². The molecule has 180 valence electrons. The summed E-state index contributed by atoms with van der Waals surface area (Å²) < 4.78 is 52.4. The molecule has 0 bridgehead atoms. The molecule has 2 aromatic carbocycles. The van der Waals surface area contributed by atoms with Gasteiger partial charge in [0.2, 0.25) is 5.82 Å². The maximum atomic E-state index is 13.9. The predicted molar refractivity (Wildman–Crippen MR) is 115 cm³/mol. The van der Waals surface area contributed by atoms with Crippen LogP contribution in [0.25, 0.3) is 28.5 Å². The number of nitrogens with zero attached hydrogens (tertiary/aromatic N) is 5. The van der Waals surface area contributed by atoms with E-state index in [0.29, 0.717) is 25.2 Å². The molecule has 0 saturated carbocycles. The topological polar surface area (TPSA) is 107 Å². The third-order valence-corrected chi connectivity index (χ3v) is 5.50. The van der Waals surface area contributed by atoms with Crippen molar-refractivity contribution in [2.45, 2.75) is 18.8 Å². The number of alkyl halides is 3. The third kappa shape index (κ3) is 4.73. The standard InChI is InChI=1S/C23H18F3N5O4/c24-23(25,26)19-18(10-27-31(19)16-4-2-1-3-5-16)21-28-20(29-35-21)15-8-6-14(7-9-15)11-30-12-17(13-30)34-22(32)33/h1-10,17H,11-13H2,(H,32,33). The fourth-order valence-corrected chi connectivity index (χ4v) is 3.88. The minimum atomic E-state index is -4.71. The van der Waals surface area contributed by atoms with Gasteiger partial charge in [0.25, 0.3) is 5.89 Å². The van der Waals surface area contributed by atoms with Crippen molar-refractivity contribution in [3.8, 4) is 28.5 Å². The molecule has 0 atom stereocenters. The first-order valence-electron chi connectivity index (χ1n) is 10.5. The number of carbonyl (C=O) groups is 1. The number of likely N-dealkylation sites (tertiary alicyclic amines) is 1. The molecule has 35 heavy (non-hydrogen) atoms. The molecular weight excluding hydrogens is 467 g/mol. The average Bonchev–Trinajstić information content (AvgIpc) is 3.46. The van der Waals surface area contributed by atoms with E-state index in [-0.39, 0.29) is 29.1 Å². The summed E-state index contributed by atoms with van der Waals surface area (Å²) in [5.41, 5.74) is 0.476. The molecule has 12 heteroatoms. The van der Waals surface area contributed by atoms with Crippen molar-refractivity contribution < 1.29 is 32.3 Å². The Morgan fingerprint density at radius 3 is 2.49 bits per heavy atom. The second-order valence-electron chi connectivity index (χ2n) is 7.97. The van der Waals surface area contributed by atoms with Gasteiger partial charge in [0.15, 0.2) is 5.69 Å². The first kappa shape index (κ1) is 22.6. The molecule has 4 aromatic rings. The highest BCUT2D eigenvalue weighted by Gasteiger charge is 2.40. The fraction of sp³-hybridized carbons (Fsp3) is 0.217. The second kappa shape index (κ2) is 8.87. The molecule has 9 nitrogen and oxygen atoms in total. The van der Waals surface area contributed by atoms with Crippen molar-refractivity contribution in [2.24, 2.45) is 0 Å². The molecule has 0 amide bonds. The second-order valence-corrected chi connectivity index (χ2v) is 7.97. The number of carboxylic acid groups (broad SMARTS) is 1. The van der Waals surface area contributed by atoms with Crippen LogP contribution in [0.3, 0.4) is 0 Å². The number of halogens is 3. The van der Waals surface area contributed by atoms with Gasteiger partial charge in [-0.05, 0) is 17.7 Å². The van der Waals surface area contributed by atoms with E-state index in [1.165, 1.54) is 12.1 Å². The van der Waals surface area contributed by atoms with Gasteiger partial charge in [-0.3, -0.25) is 4.90 Å². The summed E-state index contributed by atoms with van der Waals surface area (Å²) in [7, 11) is 0. The molecular formula is C23H18F3N5O4. The van der Waals surface area contributed by atoms with Crippen LogP contribution in [0.4, 0.5) is 18.0 Å². The minimum Gasteiger partial charge on any atom is -0.450 e. The SMILES string of the molecule is O=C(O)OC1CN(Cc2ccc(-c3noc(-c4cnn(-c5ccccc5)c4C(F)(F)F)n3)cc2)C1. The summed E-state index contributed by atoms with van der Waals surface area (Å²) in [6.07, 6.45) is -5.25. The maximum Gasteiger partial charge on any atom is 0.506 e. The van der Waals surface area contributed by atoms with E-state index in [9.17, 15) is 18.0 Å². The quantitative estimate of drug-likeness (QED) is 0.399. The van der Waals surface area contributed by atoms with Crippen molar-refractivity contribution >= 4 is 6.16 Å². The summed E-state index contributed by atoms with van der Waals surface area (Å²) in [5, 5.41) is 16.4. The van der Waals surface area contributed by atoms with Crippen LogP contribution in [0.5, 0.6) is 0 Å². The van der Waals surface area contributed by atoms with E-state index in [2.05, 4.69) is 15.2 Å². The van der Waals surface area contributed by atoms with Gasteiger partial charge in [0.05, 0.1) is 17.4 Å². The number of hydrogen-bond donors (Lipinski definition) is 1. The Balaban J connectivity index is 1.34. The summed E-state index contributed by atoms with van der Waals surface area (Å²) in [4.78, 5) is 16.7. The average molecular weight is 485 g/mol. The van der Waals surface area contributed by atoms with Gasteiger partial charge < -0.3 is 14.4 Å². The molecule has 0 radical (unpaired) electrons. The Kier molecular flexibility index (Phi) is 5.73. The van der Waals surface area contributed by atoms with Crippen LogP contribution >= 0.6 is 0 Å². The lowest BCUT2D eigenvalue weighted by molar-refractivity contribution is -0.142. The van der Waals surface area contributed by atoms with Crippen molar-refractivity contribution in [1.29, 1.82) is 0 Å². The van der Waals surface area contributed by atoms with Crippen molar-refractivity contribution in [2.75, 3.05) is 13.1 Å². The number of rotatable bonds is 6. The maximum absolute atomic E-state index is 13.9. The van der Waals surface area contributed by atoms with Crippen LogP contribution in [0.1, 0.15) is 11.3 Å². The van der Waals surface area contributed by atoms with E-state index in [4.69, 9.17) is 14.4 Å². The van der Waals surface area contributed by atoms with Crippen LogP contribution in [-0.2, 0) is 17.5 Å². The summed E-state index contributed by atoms with van der Waals surface area (Å²) in [6, 6.07) is 15.1. The molecule has 5 rings (SSSR count). The normalized spacial score (nSPS) is 14.6. The molecule has 2 aromatic heterocycles. The van der Waals surface area contributed by atoms with Crippen molar-refractivity contribution in [3.63, 3.8) is 0 Å². The summed E-state index contributed by atoms with van der Waals surface area (Å²) in [5.74, 6) is -0.144. The fourth-order valence-electron chi connectivity index (χ4n) is 3.88. The molecule has 0 aliphatic carbocycles. The first-order chi connectivity index (χ1) is 16.8. The zero-order chi connectivity index (χ0) is 24.6. The zero-order valence-electron chi connectivity index (χ0n) is 18.0. The first-order valence-corrected chi connectivity index (χ1v) is 10.5. The smallest absolute Gasteiger partial charge is 0.450 e. The molecule has 0 unspecified atom stereocenters. The summed E-state index contributed by atoms with van der Waals surface area (Å²) >= 11 is 0. The molecule has 1 fully saturated rings. The molecule has 1 saturated heterocycles. The number of benzene rings is 2. The molecule has 1 aliphatic rings. The van der Waals surface area contributed by atoms with Crippen LogP contribution < -0.4 is 0 Å². The summed E-state index contributed by atoms with van der Waals surface area (Å²) in [6.45, 7) is 1.63. The molecule has 1 N–H and O–H groups in total. The van der Waals surface area contributed by atoms with E-state index >= 15 is 0 Å². The third-order valence-electron chi connectivity index (χ3n) is 5.50. The predicted octanol–water partition coefficient (Wildman–Crippen LogP) is 4.49. The van der Waals surface area contributed by atoms with Crippen LogP contribution in [0.15, 0.2) is 65.3 Å². The number of para-hydroxylation sites is 1. The Labute approximate surface area is 196 Å². The van der Waals surface area contributed by atoms with Gasteiger partial charge in [-0.2, -0.15) is 23.3 Å². The number of ether oxygens (including phenoxy) is 1. The van der Waals surface area contributed by atoms with Crippen LogP contribution in [0, 0.1) is 0 Å². The van der Waals surface area contributed by atoms with E-state index in [1.807, 2.05) is 17.0 Å². The lowest BCUT2D eigenvalue weighted by Crippen LogP contribution is -2.52. The van der Waals surface area contributed by atoms with E-state index < -0.39 is 18.0 Å². The van der Waals surface area contributed by atoms with Gasteiger partial charge in [-0.15, -0.1) is 0 Å². The van der Waals surface area contributed by atoms with Crippen LogP contribution in [-0.4, -0.2) is 55.3 Å². The lowest BCUT2D eigenvalue weighted by Gasteiger charge is -2.37. The lowest BCUT2D eigenvalue weighted by atomic mass is 10.1. The van der Waals surface area contributed by atoms with Crippen molar-refractivity contribution in [3.05, 3.63) is 72.1 Å². The highest BCUT2D eigenvalue weighted by Crippen LogP contribution is 2.38. The molecule has 1 aliphatic heterocycles. The van der Waals surface area contributed by atoms with Crippen molar-refractivity contribution in [1.82, 2.24) is 24.8 Å². The Morgan fingerprint density at radius 1 is 1.11 bits per heavy atom. The minimum absolute atomic E-state index is 0.144. The largest absolute Gasteiger partial charge is 0.506 e. The Morgan fingerprint density at radius 2 is 1.83 bits per heavy atom. The Hall–Kier alpha value is -4.19. The zero-order valence-corrected chi connectivity index (χ0v) is 18.0. The Bertz CT molecular complexity index is 1330. The van der Waals surface area contributed by atoms with Gasteiger partial charge in [0.1, 0.15) is 6.10 Å². The highest BCUT2D eigenvalue weighted by molar-refractivity contribution is 5.62. The van der Waals surface area contributed by atoms with E-state index in [0.717, 1.165) is 16.4 Å². The van der Waals surface area contributed by atoms with Gasteiger partial charge >= 0.3 is 12.3 Å². The highest BCUT2D eigenvalue weighted by atomic mass is 19.4. The monoisotopic (exact) mass is 485 g/mol. The van der Waals surface area contributed by atoms with Gasteiger partial charge in [-0.25, -0.2) is 9.48 Å².